The van der Waals surface area contributed by atoms with Crippen LogP contribution in [-0.2, 0) is 4.74 Å². The number of piperidine rings is 1. The number of hydrogen-bond acceptors (Lipinski definition) is 2. The van der Waals surface area contributed by atoms with Crippen LogP contribution in [0.25, 0.3) is 0 Å². The predicted molar refractivity (Wildman–Crippen MR) is 72.1 cm³/mol. The van der Waals surface area contributed by atoms with E-state index in [1.54, 1.807) is 7.11 Å². The van der Waals surface area contributed by atoms with Gasteiger partial charge in [0.25, 0.3) is 0 Å². The first-order chi connectivity index (χ1) is 8.22. The summed E-state index contributed by atoms with van der Waals surface area (Å²) in [6.45, 7) is 2.82. The number of rotatable bonds is 3. The monoisotopic (exact) mass is 273 g/mol. The van der Waals surface area contributed by atoms with Crippen LogP contribution < -0.4 is 5.32 Å². The number of ether oxygens (including phenoxy) is 1. The first-order valence-electron chi connectivity index (χ1n) is 5.87. The van der Waals surface area contributed by atoms with Gasteiger partial charge in [-0.1, -0.05) is 29.3 Å². The molecule has 1 aliphatic heterocycles. The van der Waals surface area contributed by atoms with Crippen molar-refractivity contribution in [3.63, 3.8) is 0 Å². The van der Waals surface area contributed by atoms with Gasteiger partial charge in [0.1, 0.15) is 0 Å². The molecule has 0 bridgehead atoms. The number of nitrogens with one attached hydrogen (secondary N) is 1. The van der Waals surface area contributed by atoms with Gasteiger partial charge >= 0.3 is 0 Å². The fourth-order valence-electron chi connectivity index (χ4n) is 2.49. The summed E-state index contributed by atoms with van der Waals surface area (Å²) in [5.41, 5.74) is 1.27. The van der Waals surface area contributed by atoms with E-state index >= 15 is 0 Å². The molecule has 94 valence electrons. The van der Waals surface area contributed by atoms with Gasteiger partial charge in [-0.3, -0.25) is 0 Å². The van der Waals surface area contributed by atoms with Crippen molar-refractivity contribution in [2.45, 2.75) is 12.3 Å². The third-order valence-electron chi connectivity index (χ3n) is 3.36. The van der Waals surface area contributed by atoms with E-state index in [1.165, 1.54) is 5.56 Å². The fourth-order valence-corrected chi connectivity index (χ4v) is 2.80. The highest BCUT2D eigenvalue weighted by Gasteiger charge is 2.26. The highest BCUT2D eigenvalue weighted by atomic mass is 35.5. The van der Waals surface area contributed by atoms with E-state index in [2.05, 4.69) is 11.4 Å². The topological polar surface area (TPSA) is 21.3 Å². The summed E-state index contributed by atoms with van der Waals surface area (Å²) in [5.74, 6) is 1.01. The Hall–Kier alpha value is -0.280. The Balaban J connectivity index is 2.20. The molecule has 1 aliphatic rings. The van der Waals surface area contributed by atoms with Gasteiger partial charge in [-0.15, -0.1) is 0 Å². The number of methoxy groups -OCH3 is 1. The van der Waals surface area contributed by atoms with E-state index < -0.39 is 0 Å². The van der Waals surface area contributed by atoms with Crippen molar-refractivity contribution < 1.29 is 4.74 Å². The molecule has 0 radical (unpaired) electrons. The molecule has 2 rings (SSSR count). The SMILES string of the molecule is COCC1CNCCC1c1ccc(Cl)c(Cl)c1. The standard InChI is InChI=1S/C13H17Cl2NO/c1-17-8-10-7-16-5-4-11(10)9-2-3-12(14)13(15)6-9/h2-3,6,10-11,16H,4-5,7-8H2,1H3. The zero-order valence-corrected chi connectivity index (χ0v) is 11.4. The highest BCUT2D eigenvalue weighted by molar-refractivity contribution is 6.42. The van der Waals surface area contributed by atoms with Crippen LogP contribution >= 0.6 is 23.2 Å². The van der Waals surface area contributed by atoms with Gasteiger partial charge in [-0.05, 0) is 36.6 Å². The van der Waals surface area contributed by atoms with Crippen LogP contribution in [0.3, 0.4) is 0 Å². The van der Waals surface area contributed by atoms with Crippen molar-refractivity contribution >= 4 is 23.2 Å². The van der Waals surface area contributed by atoms with Gasteiger partial charge in [-0.2, -0.15) is 0 Å². The molecule has 17 heavy (non-hydrogen) atoms. The Morgan fingerprint density at radius 1 is 1.35 bits per heavy atom. The quantitative estimate of drug-likeness (QED) is 0.912. The molecule has 0 aromatic heterocycles. The van der Waals surface area contributed by atoms with E-state index in [-0.39, 0.29) is 0 Å². The number of halogens is 2. The van der Waals surface area contributed by atoms with Crippen LogP contribution in [-0.4, -0.2) is 26.8 Å². The van der Waals surface area contributed by atoms with Crippen LogP contribution in [0, 0.1) is 5.92 Å². The lowest BCUT2D eigenvalue weighted by molar-refractivity contribution is 0.125. The first kappa shape index (κ1) is 13.2. The van der Waals surface area contributed by atoms with E-state index in [4.69, 9.17) is 27.9 Å². The Kier molecular flexibility index (Phi) is 4.69. The van der Waals surface area contributed by atoms with Gasteiger partial charge < -0.3 is 10.1 Å². The molecule has 2 nitrogen and oxygen atoms in total. The highest BCUT2D eigenvalue weighted by Crippen LogP contribution is 2.33. The van der Waals surface area contributed by atoms with Crippen LogP contribution in [0.1, 0.15) is 17.9 Å². The van der Waals surface area contributed by atoms with Gasteiger partial charge in [0, 0.05) is 19.6 Å². The lowest BCUT2D eigenvalue weighted by atomic mass is 9.81. The predicted octanol–water partition coefficient (Wildman–Crippen LogP) is 3.33. The van der Waals surface area contributed by atoms with Crippen LogP contribution in [0.4, 0.5) is 0 Å². The van der Waals surface area contributed by atoms with Crippen molar-refractivity contribution in [1.82, 2.24) is 5.32 Å². The summed E-state index contributed by atoms with van der Waals surface area (Å²) >= 11 is 12.0. The van der Waals surface area contributed by atoms with Crippen LogP contribution in [0.5, 0.6) is 0 Å². The normalized spacial score (nSPS) is 24.9. The lowest BCUT2D eigenvalue weighted by Gasteiger charge is -2.32. The largest absolute Gasteiger partial charge is 0.384 e. The Morgan fingerprint density at radius 3 is 2.88 bits per heavy atom. The van der Waals surface area contributed by atoms with Gasteiger partial charge in [0.15, 0.2) is 0 Å². The third-order valence-corrected chi connectivity index (χ3v) is 4.10. The van der Waals surface area contributed by atoms with Crippen molar-refractivity contribution in [1.29, 1.82) is 0 Å². The van der Waals surface area contributed by atoms with Gasteiger partial charge in [-0.25, -0.2) is 0 Å². The second-order valence-corrected chi connectivity index (χ2v) is 5.30. The average Bonchev–Trinajstić information content (AvgIpc) is 2.34. The second-order valence-electron chi connectivity index (χ2n) is 4.49. The molecule has 0 amide bonds. The number of benzene rings is 1. The lowest BCUT2D eigenvalue weighted by Crippen LogP contribution is -2.37. The smallest absolute Gasteiger partial charge is 0.0595 e. The molecular formula is C13H17Cl2NO. The van der Waals surface area contributed by atoms with E-state index in [0.29, 0.717) is 21.9 Å². The molecule has 1 aromatic carbocycles. The summed E-state index contributed by atoms with van der Waals surface area (Å²) in [6, 6.07) is 5.94. The molecular weight excluding hydrogens is 257 g/mol. The molecule has 1 N–H and O–H groups in total. The van der Waals surface area contributed by atoms with Crippen LogP contribution in [0.2, 0.25) is 10.0 Å². The van der Waals surface area contributed by atoms with Crippen molar-refractivity contribution in [3.8, 4) is 0 Å². The Morgan fingerprint density at radius 2 is 2.18 bits per heavy atom. The molecule has 1 aromatic rings. The molecule has 1 heterocycles. The Bertz CT molecular complexity index is 382. The van der Waals surface area contributed by atoms with Crippen LogP contribution in [0.15, 0.2) is 18.2 Å². The minimum atomic E-state index is 0.506. The summed E-state index contributed by atoms with van der Waals surface area (Å²) in [5, 5.41) is 4.66. The molecule has 1 saturated heterocycles. The minimum absolute atomic E-state index is 0.506. The van der Waals surface area contributed by atoms with Crippen molar-refractivity contribution in [3.05, 3.63) is 33.8 Å². The maximum atomic E-state index is 6.08. The summed E-state index contributed by atoms with van der Waals surface area (Å²) in [4.78, 5) is 0. The summed E-state index contributed by atoms with van der Waals surface area (Å²) in [6.07, 6.45) is 1.12. The number of hydrogen-bond donors (Lipinski definition) is 1. The van der Waals surface area contributed by atoms with Gasteiger partial charge in [0.2, 0.25) is 0 Å². The third kappa shape index (κ3) is 3.14. The molecule has 1 fully saturated rings. The van der Waals surface area contributed by atoms with E-state index in [0.717, 1.165) is 26.1 Å². The zero-order valence-electron chi connectivity index (χ0n) is 9.88. The second kappa shape index (κ2) is 6.05. The average molecular weight is 274 g/mol. The minimum Gasteiger partial charge on any atom is -0.384 e. The molecule has 2 unspecified atom stereocenters. The first-order valence-corrected chi connectivity index (χ1v) is 6.62. The molecule has 0 spiro atoms. The molecule has 0 aliphatic carbocycles. The molecule has 4 heteroatoms. The molecule has 2 atom stereocenters. The van der Waals surface area contributed by atoms with Crippen molar-refractivity contribution in [2.24, 2.45) is 5.92 Å². The van der Waals surface area contributed by atoms with Crippen molar-refractivity contribution in [2.75, 3.05) is 26.8 Å². The van der Waals surface area contributed by atoms with E-state index in [1.807, 2.05) is 12.1 Å². The summed E-state index contributed by atoms with van der Waals surface area (Å²) in [7, 11) is 1.75. The molecule has 0 saturated carbocycles. The zero-order chi connectivity index (χ0) is 12.3. The summed E-state index contributed by atoms with van der Waals surface area (Å²) < 4.78 is 5.29. The van der Waals surface area contributed by atoms with Gasteiger partial charge in [0.05, 0.1) is 16.7 Å². The fraction of sp³-hybridized carbons (Fsp3) is 0.538. The maximum absolute atomic E-state index is 6.08. The Labute approximate surface area is 112 Å². The maximum Gasteiger partial charge on any atom is 0.0595 e. The van der Waals surface area contributed by atoms with E-state index in [9.17, 15) is 0 Å².